The molecule has 0 saturated carbocycles. The molecule has 0 aromatic heterocycles. The Hall–Kier alpha value is -3.10. The van der Waals surface area contributed by atoms with Crippen LogP contribution in [0.1, 0.15) is 153 Å². The SMILES string of the molecule is CC1OC(=O)C(C)OC1=O.CCC(CC(C)(C)O)N1CCCCCC1=O.CCC(CC(C)(C)OCCOCC(=O)C(C)OC(=O)C(C)C)N1CCCCCC1=O. The normalized spacial score (nSPS) is 21.2. The van der Waals surface area contributed by atoms with Crippen molar-refractivity contribution in [1.29, 1.82) is 0 Å². The number of nitrogens with zero attached hydrogens (tertiary/aromatic N) is 2. The Morgan fingerprint density at radius 2 is 1.21 bits per heavy atom. The number of ether oxygens (including phenoxy) is 5. The van der Waals surface area contributed by atoms with E-state index in [9.17, 15) is 33.9 Å². The molecule has 0 radical (unpaired) electrons. The summed E-state index contributed by atoms with van der Waals surface area (Å²) in [6, 6.07) is 0.371. The Morgan fingerprint density at radius 1 is 0.750 bits per heavy atom. The number of ketones is 1. The van der Waals surface area contributed by atoms with Gasteiger partial charge in [0.1, 0.15) is 6.61 Å². The van der Waals surface area contributed by atoms with Crippen molar-refractivity contribution in [2.24, 2.45) is 5.92 Å². The maximum absolute atomic E-state index is 12.4. The number of hydrogen-bond acceptors (Lipinski definition) is 12. The standard InChI is InChI=1S/C23H41NO6.C13H25NO2.C6H8O4/c1-7-19(24-12-10-8-9-11-21(24)26)15-23(5,6)29-14-13-28-16-20(25)18(4)30-22(27)17(2)3;1-4-11(10-13(2,3)16)14-9-7-5-6-8-12(14)15;1-3-5(7)10-4(2)6(8)9-3/h17-19H,7-16H2,1-6H3;11,16H,4-10H2,1-3H3;3-4H,1-2H3. The largest absolute Gasteiger partial charge is 0.454 e. The second-order valence-corrected chi connectivity index (χ2v) is 16.7. The Labute approximate surface area is 336 Å². The van der Waals surface area contributed by atoms with E-state index in [2.05, 4.69) is 23.3 Å². The lowest BCUT2D eigenvalue weighted by Gasteiger charge is -2.36. The molecule has 0 bridgehead atoms. The van der Waals surface area contributed by atoms with Gasteiger partial charge in [0, 0.05) is 38.0 Å². The van der Waals surface area contributed by atoms with Crippen LogP contribution in [-0.2, 0) is 52.5 Å². The molecule has 324 valence electrons. The monoisotopic (exact) mass is 799 g/mol. The smallest absolute Gasteiger partial charge is 0.347 e. The fourth-order valence-corrected chi connectivity index (χ4v) is 6.61. The van der Waals surface area contributed by atoms with Gasteiger partial charge in [-0.25, -0.2) is 9.59 Å². The number of rotatable bonds is 17. The molecule has 3 fully saturated rings. The van der Waals surface area contributed by atoms with Gasteiger partial charge in [-0.3, -0.25) is 19.2 Å². The summed E-state index contributed by atoms with van der Waals surface area (Å²) in [4.78, 5) is 73.2. The van der Waals surface area contributed by atoms with E-state index in [0.29, 0.717) is 25.9 Å². The fraction of sp³-hybridized carbons (Fsp3) is 0.857. The quantitative estimate of drug-likeness (QED) is 0.108. The molecule has 3 heterocycles. The number of carbonyl (C=O) groups is 6. The van der Waals surface area contributed by atoms with Gasteiger partial charge in [0.15, 0.2) is 24.1 Å². The highest BCUT2D eigenvalue weighted by molar-refractivity contribution is 5.87. The van der Waals surface area contributed by atoms with E-state index in [1.165, 1.54) is 13.8 Å². The molecule has 3 saturated heterocycles. The molecule has 0 spiro atoms. The first-order chi connectivity index (χ1) is 26.1. The average molecular weight is 799 g/mol. The molecule has 5 atom stereocenters. The number of esters is 3. The van der Waals surface area contributed by atoms with Crippen molar-refractivity contribution in [2.45, 2.75) is 195 Å². The molecule has 14 heteroatoms. The molecule has 0 aromatic carbocycles. The third kappa shape index (κ3) is 19.9. The van der Waals surface area contributed by atoms with Crippen molar-refractivity contribution in [3.05, 3.63) is 0 Å². The molecule has 1 N–H and O–H groups in total. The molecule has 2 amide bonds. The van der Waals surface area contributed by atoms with E-state index in [1.807, 2.05) is 37.5 Å². The third-order valence-corrected chi connectivity index (χ3v) is 9.94. The first kappa shape index (κ1) is 50.9. The molecule has 3 aliphatic heterocycles. The lowest BCUT2D eigenvalue weighted by atomic mass is 9.95. The van der Waals surface area contributed by atoms with Gasteiger partial charge in [0.2, 0.25) is 11.8 Å². The summed E-state index contributed by atoms with van der Waals surface area (Å²) in [6.45, 7) is 22.1. The summed E-state index contributed by atoms with van der Waals surface area (Å²) in [6.07, 6.45) is 8.73. The summed E-state index contributed by atoms with van der Waals surface area (Å²) < 4.78 is 25.7. The molecule has 0 aromatic rings. The molecular formula is C42H74N2O12. The van der Waals surface area contributed by atoms with Crippen molar-refractivity contribution in [3.63, 3.8) is 0 Å². The van der Waals surface area contributed by atoms with Gasteiger partial charge in [-0.15, -0.1) is 0 Å². The summed E-state index contributed by atoms with van der Waals surface area (Å²) in [5.74, 6) is -1.37. The van der Waals surface area contributed by atoms with E-state index >= 15 is 0 Å². The third-order valence-electron chi connectivity index (χ3n) is 9.94. The van der Waals surface area contributed by atoms with Crippen LogP contribution >= 0.6 is 0 Å². The lowest BCUT2D eigenvalue weighted by Crippen LogP contribution is -2.44. The van der Waals surface area contributed by atoms with Crippen LogP contribution in [0, 0.1) is 5.92 Å². The highest BCUT2D eigenvalue weighted by Gasteiger charge is 2.33. The maximum atomic E-state index is 12.4. The number of likely N-dealkylation sites (tertiary alicyclic amines) is 2. The van der Waals surface area contributed by atoms with Crippen LogP contribution in [0.5, 0.6) is 0 Å². The number of cyclic esters (lactones) is 2. The minimum atomic E-state index is -0.811. The number of hydrogen-bond donors (Lipinski definition) is 1. The summed E-state index contributed by atoms with van der Waals surface area (Å²) >= 11 is 0. The number of amides is 2. The predicted molar refractivity (Wildman–Crippen MR) is 211 cm³/mol. The summed E-state index contributed by atoms with van der Waals surface area (Å²) in [7, 11) is 0. The second kappa shape index (κ2) is 25.3. The molecule has 56 heavy (non-hydrogen) atoms. The van der Waals surface area contributed by atoms with Crippen molar-refractivity contribution in [2.75, 3.05) is 32.9 Å². The van der Waals surface area contributed by atoms with E-state index in [-0.39, 0.29) is 48.8 Å². The first-order valence-electron chi connectivity index (χ1n) is 20.8. The second-order valence-electron chi connectivity index (χ2n) is 16.7. The molecular weight excluding hydrogens is 724 g/mol. The van der Waals surface area contributed by atoms with Gasteiger partial charge in [-0.05, 0) is 99.8 Å². The predicted octanol–water partition coefficient (Wildman–Crippen LogP) is 5.72. The Bertz CT molecular complexity index is 1230. The van der Waals surface area contributed by atoms with Gasteiger partial charge >= 0.3 is 17.9 Å². The van der Waals surface area contributed by atoms with E-state index in [0.717, 1.165) is 70.9 Å². The molecule has 3 aliphatic rings. The Balaban J connectivity index is 0.000000496. The van der Waals surface area contributed by atoms with E-state index in [1.54, 1.807) is 20.8 Å². The topological polar surface area (TPSA) is 175 Å². The number of Topliss-reactive ketones (excluding diaryl/α,β-unsaturated/α-hetero) is 1. The lowest BCUT2D eigenvalue weighted by molar-refractivity contribution is -0.191. The van der Waals surface area contributed by atoms with Crippen LogP contribution < -0.4 is 0 Å². The first-order valence-corrected chi connectivity index (χ1v) is 20.8. The number of carbonyl (C=O) groups excluding carboxylic acids is 6. The molecule has 0 aliphatic carbocycles. The van der Waals surface area contributed by atoms with Crippen LogP contribution in [0.2, 0.25) is 0 Å². The molecule has 14 nitrogen and oxygen atoms in total. The van der Waals surface area contributed by atoms with E-state index < -0.39 is 47.4 Å². The van der Waals surface area contributed by atoms with Gasteiger partial charge < -0.3 is 38.6 Å². The fourth-order valence-electron chi connectivity index (χ4n) is 6.61. The summed E-state index contributed by atoms with van der Waals surface area (Å²) in [5.41, 5.74) is -1.09. The van der Waals surface area contributed by atoms with Crippen LogP contribution in [0.4, 0.5) is 0 Å². The zero-order chi connectivity index (χ0) is 42.6. The van der Waals surface area contributed by atoms with Crippen LogP contribution in [-0.4, -0.2) is 125 Å². The van der Waals surface area contributed by atoms with Crippen molar-refractivity contribution in [1.82, 2.24) is 9.80 Å². The van der Waals surface area contributed by atoms with Crippen LogP contribution in [0.15, 0.2) is 0 Å². The minimum absolute atomic E-state index is 0.115. The summed E-state index contributed by atoms with van der Waals surface area (Å²) in [5, 5.41) is 9.87. The van der Waals surface area contributed by atoms with E-state index in [4.69, 9.17) is 14.2 Å². The average Bonchev–Trinajstić information content (AvgIpc) is 3.47. The molecule has 5 unspecified atom stereocenters. The number of aliphatic hydroxyl groups is 1. The van der Waals surface area contributed by atoms with Gasteiger partial charge in [-0.2, -0.15) is 0 Å². The van der Waals surface area contributed by atoms with Gasteiger partial charge in [0.25, 0.3) is 0 Å². The Kier molecular flexibility index (Phi) is 23.0. The maximum Gasteiger partial charge on any atom is 0.347 e. The minimum Gasteiger partial charge on any atom is -0.454 e. The van der Waals surface area contributed by atoms with Crippen LogP contribution in [0.3, 0.4) is 0 Å². The molecule has 3 rings (SSSR count). The Morgan fingerprint density at radius 3 is 1.64 bits per heavy atom. The highest BCUT2D eigenvalue weighted by atomic mass is 16.6. The van der Waals surface area contributed by atoms with Crippen molar-refractivity contribution >= 4 is 35.5 Å². The zero-order valence-corrected chi connectivity index (χ0v) is 36.3. The zero-order valence-electron chi connectivity index (χ0n) is 36.3. The van der Waals surface area contributed by atoms with Crippen molar-refractivity contribution < 1.29 is 57.6 Å². The van der Waals surface area contributed by atoms with Gasteiger partial charge in [0.05, 0.1) is 30.3 Å². The highest BCUT2D eigenvalue weighted by Crippen LogP contribution is 2.25. The van der Waals surface area contributed by atoms with Crippen molar-refractivity contribution in [3.8, 4) is 0 Å². The van der Waals surface area contributed by atoms with Gasteiger partial charge in [-0.1, -0.05) is 40.5 Å². The van der Waals surface area contributed by atoms with Crippen LogP contribution in [0.25, 0.3) is 0 Å².